The highest BCUT2D eigenvalue weighted by molar-refractivity contribution is 5.38. The van der Waals surface area contributed by atoms with Gasteiger partial charge in [-0.2, -0.15) is 0 Å². The van der Waals surface area contributed by atoms with E-state index in [9.17, 15) is 4.39 Å². The van der Waals surface area contributed by atoms with Crippen LogP contribution in [-0.2, 0) is 6.42 Å². The van der Waals surface area contributed by atoms with Gasteiger partial charge in [-0.3, -0.25) is 4.98 Å². The molecule has 0 radical (unpaired) electrons. The molecular formula is C15H15FN2. The predicted octanol–water partition coefficient (Wildman–Crippen LogP) is 2.84. The Bertz CT molecular complexity index is 551. The van der Waals surface area contributed by atoms with Crippen LogP contribution in [-0.4, -0.2) is 11.0 Å². The first-order valence-corrected chi connectivity index (χ1v) is 6.18. The molecule has 2 atom stereocenters. The minimum atomic E-state index is -0.200. The molecule has 0 saturated carbocycles. The third-order valence-corrected chi connectivity index (χ3v) is 3.44. The summed E-state index contributed by atoms with van der Waals surface area (Å²) in [6.07, 6.45) is 4.75. The summed E-state index contributed by atoms with van der Waals surface area (Å²) in [6.45, 7) is 2.17. The molecule has 2 unspecified atom stereocenters. The Labute approximate surface area is 106 Å². The van der Waals surface area contributed by atoms with Crippen LogP contribution in [0.15, 0.2) is 42.7 Å². The minimum absolute atomic E-state index is 0.109. The highest BCUT2D eigenvalue weighted by atomic mass is 19.1. The molecule has 3 heteroatoms. The number of rotatable bonds is 1. The van der Waals surface area contributed by atoms with Crippen molar-refractivity contribution in [3.05, 3.63) is 65.2 Å². The number of hydrogen-bond acceptors (Lipinski definition) is 2. The summed E-state index contributed by atoms with van der Waals surface area (Å²) < 4.78 is 13.0. The van der Waals surface area contributed by atoms with E-state index in [0.717, 1.165) is 12.0 Å². The number of nitrogens with one attached hydrogen (secondary N) is 1. The van der Waals surface area contributed by atoms with Crippen molar-refractivity contribution in [3.8, 4) is 0 Å². The van der Waals surface area contributed by atoms with E-state index in [1.807, 2.05) is 24.5 Å². The van der Waals surface area contributed by atoms with Gasteiger partial charge in [-0.05, 0) is 48.2 Å². The average Bonchev–Trinajstić information content (AvgIpc) is 2.38. The zero-order valence-electron chi connectivity index (χ0n) is 10.2. The lowest BCUT2D eigenvalue weighted by Crippen LogP contribution is -2.37. The van der Waals surface area contributed by atoms with E-state index >= 15 is 0 Å². The van der Waals surface area contributed by atoms with Gasteiger partial charge in [0.15, 0.2) is 0 Å². The van der Waals surface area contributed by atoms with Gasteiger partial charge in [0.2, 0.25) is 0 Å². The Morgan fingerprint density at radius 1 is 1.22 bits per heavy atom. The summed E-state index contributed by atoms with van der Waals surface area (Å²) in [6, 6.07) is 9.28. The van der Waals surface area contributed by atoms with Gasteiger partial charge >= 0.3 is 0 Å². The molecule has 2 nitrogen and oxygen atoms in total. The zero-order chi connectivity index (χ0) is 12.5. The molecule has 1 aliphatic rings. The number of nitrogens with zero attached hydrogens (tertiary/aromatic N) is 1. The van der Waals surface area contributed by atoms with Crippen LogP contribution in [0.3, 0.4) is 0 Å². The molecule has 0 bridgehead atoms. The standard InChI is InChI=1S/C15H15FN2/c1-10-8-12-6-7-17-9-14(12)15(18-10)11-2-4-13(16)5-3-11/h2-7,9-10,15,18H,8H2,1H3. The molecule has 0 saturated heterocycles. The number of pyridine rings is 1. The lowest BCUT2D eigenvalue weighted by atomic mass is 9.88. The van der Waals surface area contributed by atoms with E-state index in [4.69, 9.17) is 0 Å². The Hall–Kier alpha value is -1.74. The molecule has 0 spiro atoms. The number of benzene rings is 1. The van der Waals surface area contributed by atoms with Gasteiger partial charge in [-0.1, -0.05) is 12.1 Å². The summed E-state index contributed by atoms with van der Waals surface area (Å²) in [5, 5.41) is 3.55. The second-order valence-corrected chi connectivity index (χ2v) is 4.83. The normalized spacial score (nSPS) is 22.6. The Morgan fingerprint density at radius 3 is 2.78 bits per heavy atom. The highest BCUT2D eigenvalue weighted by Crippen LogP contribution is 2.29. The van der Waals surface area contributed by atoms with Gasteiger partial charge in [0.25, 0.3) is 0 Å². The Balaban J connectivity index is 2.04. The zero-order valence-corrected chi connectivity index (χ0v) is 10.2. The second kappa shape index (κ2) is 4.50. The fourth-order valence-electron chi connectivity index (χ4n) is 2.58. The highest BCUT2D eigenvalue weighted by Gasteiger charge is 2.24. The maximum Gasteiger partial charge on any atom is 0.123 e. The summed E-state index contributed by atoms with van der Waals surface area (Å²) in [5.74, 6) is -0.200. The van der Waals surface area contributed by atoms with E-state index in [0.29, 0.717) is 6.04 Å². The molecule has 1 aromatic heterocycles. The molecule has 0 fully saturated rings. The van der Waals surface area contributed by atoms with Crippen molar-refractivity contribution in [2.24, 2.45) is 0 Å². The van der Waals surface area contributed by atoms with Gasteiger partial charge in [0, 0.05) is 18.4 Å². The van der Waals surface area contributed by atoms with Gasteiger partial charge in [-0.25, -0.2) is 4.39 Å². The second-order valence-electron chi connectivity index (χ2n) is 4.83. The summed E-state index contributed by atoms with van der Waals surface area (Å²) in [7, 11) is 0. The topological polar surface area (TPSA) is 24.9 Å². The van der Waals surface area contributed by atoms with Gasteiger partial charge in [0.1, 0.15) is 5.82 Å². The quantitative estimate of drug-likeness (QED) is 0.831. The first-order valence-electron chi connectivity index (χ1n) is 6.18. The van der Waals surface area contributed by atoms with Gasteiger partial charge in [0.05, 0.1) is 6.04 Å². The molecule has 1 aliphatic heterocycles. The fourth-order valence-corrected chi connectivity index (χ4v) is 2.58. The lowest BCUT2D eigenvalue weighted by Gasteiger charge is -2.31. The smallest absolute Gasteiger partial charge is 0.123 e. The number of halogens is 1. The third kappa shape index (κ3) is 2.02. The van der Waals surface area contributed by atoms with Crippen LogP contribution in [0, 0.1) is 5.82 Å². The van der Waals surface area contributed by atoms with Crippen molar-refractivity contribution in [1.29, 1.82) is 0 Å². The first kappa shape index (κ1) is 11.4. The molecule has 0 amide bonds. The van der Waals surface area contributed by atoms with Crippen LogP contribution in [0.1, 0.15) is 29.7 Å². The van der Waals surface area contributed by atoms with Crippen LogP contribution >= 0.6 is 0 Å². The monoisotopic (exact) mass is 242 g/mol. The maximum atomic E-state index is 13.0. The predicted molar refractivity (Wildman–Crippen MR) is 68.8 cm³/mol. The molecule has 1 aromatic carbocycles. The molecule has 3 rings (SSSR count). The van der Waals surface area contributed by atoms with Crippen molar-refractivity contribution < 1.29 is 4.39 Å². The number of hydrogen-bond donors (Lipinski definition) is 1. The van der Waals surface area contributed by atoms with Gasteiger partial charge in [-0.15, -0.1) is 0 Å². The molecule has 1 N–H and O–H groups in total. The van der Waals surface area contributed by atoms with E-state index in [-0.39, 0.29) is 11.9 Å². The lowest BCUT2D eigenvalue weighted by molar-refractivity contribution is 0.462. The van der Waals surface area contributed by atoms with Gasteiger partial charge < -0.3 is 5.32 Å². The van der Waals surface area contributed by atoms with E-state index in [1.165, 1.54) is 23.3 Å². The minimum Gasteiger partial charge on any atom is -0.303 e. The third-order valence-electron chi connectivity index (χ3n) is 3.44. The first-order chi connectivity index (χ1) is 8.74. The molecule has 18 heavy (non-hydrogen) atoms. The average molecular weight is 242 g/mol. The van der Waals surface area contributed by atoms with Crippen molar-refractivity contribution in [3.63, 3.8) is 0 Å². The van der Waals surface area contributed by atoms with E-state index < -0.39 is 0 Å². The summed E-state index contributed by atoms with van der Waals surface area (Å²) >= 11 is 0. The maximum absolute atomic E-state index is 13.0. The molecule has 2 heterocycles. The SMILES string of the molecule is CC1Cc2ccncc2C(c2ccc(F)cc2)N1. The number of aromatic nitrogens is 1. The van der Waals surface area contributed by atoms with Crippen molar-refractivity contribution >= 4 is 0 Å². The van der Waals surface area contributed by atoms with Crippen molar-refractivity contribution in [2.75, 3.05) is 0 Å². The molecule has 92 valence electrons. The summed E-state index contributed by atoms with van der Waals surface area (Å²) in [4.78, 5) is 4.20. The molecule has 2 aromatic rings. The largest absolute Gasteiger partial charge is 0.303 e. The van der Waals surface area contributed by atoms with Crippen LogP contribution in [0.5, 0.6) is 0 Å². The summed E-state index contributed by atoms with van der Waals surface area (Å²) in [5.41, 5.74) is 3.60. The van der Waals surface area contributed by atoms with Crippen LogP contribution < -0.4 is 5.32 Å². The van der Waals surface area contributed by atoms with Crippen molar-refractivity contribution in [2.45, 2.75) is 25.4 Å². The van der Waals surface area contributed by atoms with Crippen molar-refractivity contribution in [1.82, 2.24) is 10.3 Å². The van der Waals surface area contributed by atoms with E-state index in [1.54, 1.807) is 0 Å². The van der Waals surface area contributed by atoms with Crippen LogP contribution in [0.25, 0.3) is 0 Å². The Kier molecular flexibility index (Phi) is 2.84. The molecular weight excluding hydrogens is 227 g/mol. The Morgan fingerprint density at radius 2 is 2.00 bits per heavy atom. The fraction of sp³-hybridized carbons (Fsp3) is 0.267. The molecule has 0 aliphatic carbocycles. The van der Waals surface area contributed by atoms with Crippen LogP contribution in [0.4, 0.5) is 4.39 Å². The van der Waals surface area contributed by atoms with Crippen LogP contribution in [0.2, 0.25) is 0 Å². The number of fused-ring (bicyclic) bond motifs is 1. The van der Waals surface area contributed by atoms with E-state index in [2.05, 4.69) is 23.3 Å².